The minimum Gasteiger partial charge on any atom is -0.497 e. The molecule has 0 aliphatic carbocycles. The average molecular weight is 352 g/mol. The van der Waals surface area contributed by atoms with Crippen LogP contribution in [0.2, 0.25) is 0 Å². The molecule has 0 radical (unpaired) electrons. The molecule has 2 amide bonds. The van der Waals surface area contributed by atoms with E-state index >= 15 is 0 Å². The van der Waals surface area contributed by atoms with Crippen molar-refractivity contribution >= 4 is 17.5 Å². The van der Waals surface area contributed by atoms with Crippen molar-refractivity contribution in [3.63, 3.8) is 0 Å². The average Bonchev–Trinajstić information content (AvgIpc) is 3.06. The molecule has 2 aromatic rings. The zero-order valence-corrected chi connectivity index (χ0v) is 15.0. The van der Waals surface area contributed by atoms with E-state index in [1.165, 1.54) is 0 Å². The van der Waals surface area contributed by atoms with Gasteiger partial charge in [-0.15, -0.1) is 0 Å². The van der Waals surface area contributed by atoms with Gasteiger partial charge in [-0.2, -0.15) is 0 Å². The molecule has 1 N–H and O–H groups in total. The van der Waals surface area contributed by atoms with Gasteiger partial charge < -0.3 is 15.0 Å². The van der Waals surface area contributed by atoms with Crippen LogP contribution in [0.25, 0.3) is 0 Å². The number of amides is 2. The van der Waals surface area contributed by atoms with Crippen LogP contribution in [0.15, 0.2) is 54.6 Å². The number of rotatable bonds is 7. The highest BCUT2D eigenvalue weighted by Gasteiger charge is 2.30. The predicted molar refractivity (Wildman–Crippen MR) is 101 cm³/mol. The first-order chi connectivity index (χ1) is 12.7. The molecule has 1 fully saturated rings. The van der Waals surface area contributed by atoms with Gasteiger partial charge in [0, 0.05) is 37.5 Å². The number of aryl methyl sites for hydroxylation is 1. The largest absolute Gasteiger partial charge is 0.497 e. The van der Waals surface area contributed by atoms with Crippen LogP contribution < -0.4 is 15.0 Å². The number of hydrogen-bond acceptors (Lipinski definition) is 3. The summed E-state index contributed by atoms with van der Waals surface area (Å²) in [6.07, 6.45) is 1.57. The molecule has 26 heavy (non-hydrogen) atoms. The Kier molecular flexibility index (Phi) is 5.89. The zero-order valence-electron chi connectivity index (χ0n) is 15.0. The second kappa shape index (κ2) is 8.52. The number of para-hydroxylation sites is 1. The molecule has 1 aliphatic rings. The predicted octanol–water partition coefficient (Wildman–Crippen LogP) is 2.80. The van der Waals surface area contributed by atoms with Crippen LogP contribution >= 0.6 is 0 Å². The first-order valence-corrected chi connectivity index (χ1v) is 8.91. The third-order valence-corrected chi connectivity index (χ3v) is 4.64. The van der Waals surface area contributed by atoms with Gasteiger partial charge in [-0.3, -0.25) is 9.59 Å². The van der Waals surface area contributed by atoms with E-state index in [2.05, 4.69) is 5.32 Å². The standard InChI is InChI=1S/C21H24N2O3/c1-26-19-9-5-6-16(12-19)10-11-20(24)22-14-17-13-21(25)23(15-17)18-7-3-2-4-8-18/h2-9,12,17H,10-11,13-15H2,1H3,(H,22,24). The SMILES string of the molecule is COc1cccc(CCC(=O)NCC2CC(=O)N(c3ccccc3)C2)c1. The first kappa shape index (κ1) is 18.0. The maximum atomic E-state index is 12.2. The minimum absolute atomic E-state index is 0.0124. The maximum Gasteiger partial charge on any atom is 0.227 e. The number of nitrogens with zero attached hydrogens (tertiary/aromatic N) is 1. The molecular weight excluding hydrogens is 328 g/mol. The summed E-state index contributed by atoms with van der Waals surface area (Å²) >= 11 is 0. The Balaban J connectivity index is 1.44. The molecule has 5 heteroatoms. The number of ether oxygens (including phenoxy) is 1. The van der Waals surface area contributed by atoms with E-state index in [9.17, 15) is 9.59 Å². The van der Waals surface area contributed by atoms with Crippen molar-refractivity contribution in [2.75, 3.05) is 25.1 Å². The number of carbonyl (C=O) groups excluding carboxylic acids is 2. The van der Waals surface area contributed by atoms with Crippen molar-refractivity contribution in [3.8, 4) is 5.75 Å². The summed E-state index contributed by atoms with van der Waals surface area (Å²) in [4.78, 5) is 26.1. The molecular formula is C21H24N2O3. The van der Waals surface area contributed by atoms with Crippen LogP contribution in [0.1, 0.15) is 18.4 Å². The van der Waals surface area contributed by atoms with E-state index in [0.717, 1.165) is 17.0 Å². The number of hydrogen-bond donors (Lipinski definition) is 1. The minimum atomic E-state index is 0.0124. The molecule has 0 aromatic heterocycles. The highest BCUT2D eigenvalue weighted by atomic mass is 16.5. The van der Waals surface area contributed by atoms with Crippen molar-refractivity contribution < 1.29 is 14.3 Å². The van der Waals surface area contributed by atoms with Gasteiger partial charge in [0.1, 0.15) is 5.75 Å². The number of methoxy groups -OCH3 is 1. The first-order valence-electron chi connectivity index (χ1n) is 8.91. The lowest BCUT2D eigenvalue weighted by molar-refractivity contribution is -0.121. The van der Waals surface area contributed by atoms with Gasteiger partial charge in [0.2, 0.25) is 11.8 Å². The Hall–Kier alpha value is -2.82. The Morgan fingerprint density at radius 3 is 2.77 bits per heavy atom. The summed E-state index contributed by atoms with van der Waals surface area (Å²) in [6, 6.07) is 17.4. The highest BCUT2D eigenvalue weighted by Crippen LogP contribution is 2.24. The van der Waals surface area contributed by atoms with Gasteiger partial charge in [-0.25, -0.2) is 0 Å². The van der Waals surface area contributed by atoms with Gasteiger partial charge in [-0.1, -0.05) is 30.3 Å². The molecule has 0 saturated carbocycles. The summed E-state index contributed by atoms with van der Waals surface area (Å²) < 4.78 is 5.20. The molecule has 1 aliphatic heterocycles. The van der Waals surface area contributed by atoms with E-state index in [1.54, 1.807) is 12.0 Å². The van der Waals surface area contributed by atoms with Crippen molar-refractivity contribution in [2.45, 2.75) is 19.3 Å². The van der Waals surface area contributed by atoms with Gasteiger partial charge in [-0.05, 0) is 36.2 Å². The Morgan fingerprint density at radius 2 is 2.00 bits per heavy atom. The topological polar surface area (TPSA) is 58.6 Å². The van der Waals surface area contributed by atoms with Gasteiger partial charge in [0.25, 0.3) is 0 Å². The Morgan fingerprint density at radius 1 is 1.19 bits per heavy atom. The third kappa shape index (κ3) is 4.63. The maximum absolute atomic E-state index is 12.2. The Labute approximate surface area is 154 Å². The highest BCUT2D eigenvalue weighted by molar-refractivity contribution is 5.95. The van der Waals surface area contributed by atoms with E-state index < -0.39 is 0 Å². The number of nitrogens with one attached hydrogen (secondary N) is 1. The van der Waals surface area contributed by atoms with E-state index in [-0.39, 0.29) is 17.7 Å². The summed E-state index contributed by atoms with van der Waals surface area (Å²) in [6.45, 7) is 1.19. The number of benzene rings is 2. The molecule has 1 heterocycles. The molecule has 1 atom stereocenters. The number of anilines is 1. The lowest BCUT2D eigenvalue weighted by Gasteiger charge is -2.16. The fourth-order valence-electron chi connectivity index (χ4n) is 3.21. The van der Waals surface area contributed by atoms with Crippen molar-refractivity contribution in [3.05, 3.63) is 60.2 Å². The van der Waals surface area contributed by atoms with Gasteiger partial charge >= 0.3 is 0 Å². The van der Waals surface area contributed by atoms with E-state index in [1.807, 2.05) is 54.6 Å². The van der Waals surface area contributed by atoms with Crippen LogP contribution in [0, 0.1) is 5.92 Å². The van der Waals surface area contributed by atoms with Gasteiger partial charge in [0.15, 0.2) is 0 Å². The fourth-order valence-corrected chi connectivity index (χ4v) is 3.21. The van der Waals surface area contributed by atoms with Crippen LogP contribution in [0.4, 0.5) is 5.69 Å². The Bertz CT molecular complexity index is 761. The van der Waals surface area contributed by atoms with Gasteiger partial charge in [0.05, 0.1) is 7.11 Å². The van der Waals surface area contributed by atoms with Crippen molar-refractivity contribution in [1.29, 1.82) is 0 Å². The van der Waals surface area contributed by atoms with E-state index in [0.29, 0.717) is 32.4 Å². The molecule has 136 valence electrons. The fraction of sp³-hybridized carbons (Fsp3) is 0.333. The molecule has 1 saturated heterocycles. The molecule has 3 rings (SSSR count). The normalized spacial score (nSPS) is 16.6. The summed E-state index contributed by atoms with van der Waals surface area (Å²) in [5.74, 6) is 1.09. The lowest BCUT2D eigenvalue weighted by Crippen LogP contribution is -2.31. The third-order valence-electron chi connectivity index (χ3n) is 4.64. The van der Waals surface area contributed by atoms with Crippen LogP contribution in [-0.2, 0) is 16.0 Å². The molecule has 2 aromatic carbocycles. The van der Waals surface area contributed by atoms with Crippen LogP contribution in [-0.4, -0.2) is 32.0 Å². The second-order valence-electron chi connectivity index (χ2n) is 6.57. The molecule has 0 bridgehead atoms. The molecule has 5 nitrogen and oxygen atoms in total. The summed E-state index contributed by atoms with van der Waals surface area (Å²) in [5, 5.41) is 2.97. The van der Waals surface area contributed by atoms with Crippen LogP contribution in [0.5, 0.6) is 5.75 Å². The van der Waals surface area contributed by atoms with Crippen molar-refractivity contribution in [1.82, 2.24) is 5.32 Å². The quantitative estimate of drug-likeness (QED) is 0.834. The monoisotopic (exact) mass is 352 g/mol. The summed E-state index contributed by atoms with van der Waals surface area (Å²) in [7, 11) is 1.63. The van der Waals surface area contributed by atoms with Crippen molar-refractivity contribution in [2.24, 2.45) is 5.92 Å². The smallest absolute Gasteiger partial charge is 0.227 e. The van der Waals surface area contributed by atoms with Crippen LogP contribution in [0.3, 0.4) is 0 Å². The summed E-state index contributed by atoms with van der Waals surface area (Å²) in [5.41, 5.74) is 2.00. The molecule has 0 spiro atoms. The zero-order chi connectivity index (χ0) is 18.4. The molecule has 1 unspecified atom stereocenters. The van der Waals surface area contributed by atoms with E-state index in [4.69, 9.17) is 4.74 Å². The second-order valence-corrected chi connectivity index (χ2v) is 6.57. The number of carbonyl (C=O) groups is 2. The lowest BCUT2D eigenvalue weighted by atomic mass is 10.1.